The first-order valence-corrected chi connectivity index (χ1v) is 8.11. The summed E-state index contributed by atoms with van der Waals surface area (Å²) in [5.74, 6) is 0.402. The van der Waals surface area contributed by atoms with Crippen molar-refractivity contribution >= 4 is 11.6 Å². The number of aromatic nitrogens is 3. The lowest BCUT2D eigenvalue weighted by Crippen LogP contribution is -1.84. The van der Waals surface area contributed by atoms with E-state index in [1.165, 1.54) is 12.1 Å². The predicted octanol–water partition coefficient (Wildman–Crippen LogP) is 5.60. The third kappa shape index (κ3) is 3.16. The Kier molecular flexibility index (Phi) is 4.04. The maximum Gasteiger partial charge on any atom is 0.138 e. The van der Waals surface area contributed by atoms with Crippen molar-refractivity contribution in [3.05, 3.63) is 83.9 Å². The van der Waals surface area contributed by atoms with Gasteiger partial charge in [0.05, 0.1) is 11.4 Å². The number of nitrogens with one attached hydrogen (secondary N) is 1. The third-order valence-corrected chi connectivity index (χ3v) is 4.16. The molecule has 0 bridgehead atoms. The molecule has 5 heteroatoms. The van der Waals surface area contributed by atoms with Gasteiger partial charge in [0, 0.05) is 34.1 Å². The smallest absolute Gasteiger partial charge is 0.138 e. The van der Waals surface area contributed by atoms with Crippen molar-refractivity contribution in [3.8, 4) is 33.9 Å². The molecule has 0 fully saturated rings. The van der Waals surface area contributed by atoms with Crippen LogP contribution in [-0.4, -0.2) is 15.0 Å². The molecule has 0 spiro atoms. The van der Waals surface area contributed by atoms with Gasteiger partial charge in [0.2, 0.25) is 0 Å². The van der Waals surface area contributed by atoms with E-state index in [-0.39, 0.29) is 5.82 Å². The number of rotatable bonds is 3. The zero-order valence-electron chi connectivity index (χ0n) is 13.1. The average molecular weight is 350 g/mol. The largest absolute Gasteiger partial charge is 0.337 e. The van der Waals surface area contributed by atoms with Gasteiger partial charge in [-0.1, -0.05) is 23.7 Å². The second-order valence-electron chi connectivity index (χ2n) is 5.56. The molecular weight excluding hydrogens is 337 g/mol. The Morgan fingerprint density at radius 3 is 2.08 bits per heavy atom. The number of aromatic amines is 1. The van der Waals surface area contributed by atoms with Crippen LogP contribution in [0.4, 0.5) is 4.39 Å². The molecule has 122 valence electrons. The molecule has 2 aromatic carbocycles. The maximum atomic E-state index is 13.2. The van der Waals surface area contributed by atoms with Crippen molar-refractivity contribution in [2.24, 2.45) is 0 Å². The lowest BCUT2D eigenvalue weighted by atomic mass is 10.1. The molecule has 4 rings (SSSR count). The fraction of sp³-hybridized carbons (Fsp3) is 0. The minimum Gasteiger partial charge on any atom is -0.337 e. The first-order chi connectivity index (χ1) is 12.2. The van der Waals surface area contributed by atoms with Crippen LogP contribution in [0.3, 0.4) is 0 Å². The Hall–Kier alpha value is -2.98. The van der Waals surface area contributed by atoms with Crippen LogP contribution >= 0.6 is 11.6 Å². The summed E-state index contributed by atoms with van der Waals surface area (Å²) < 4.78 is 13.2. The molecule has 0 aliphatic heterocycles. The van der Waals surface area contributed by atoms with Gasteiger partial charge in [-0.15, -0.1) is 0 Å². The van der Waals surface area contributed by atoms with E-state index in [1.54, 1.807) is 24.5 Å². The van der Waals surface area contributed by atoms with Crippen molar-refractivity contribution in [2.45, 2.75) is 0 Å². The molecule has 4 aromatic rings. The van der Waals surface area contributed by atoms with Gasteiger partial charge in [-0.2, -0.15) is 0 Å². The van der Waals surface area contributed by atoms with Gasteiger partial charge in [-0.05, 0) is 48.5 Å². The summed E-state index contributed by atoms with van der Waals surface area (Å²) in [4.78, 5) is 12.2. The minimum atomic E-state index is -0.275. The fourth-order valence-corrected chi connectivity index (χ4v) is 2.79. The van der Waals surface area contributed by atoms with E-state index in [0.29, 0.717) is 10.8 Å². The summed E-state index contributed by atoms with van der Waals surface area (Å²) in [6.07, 6.45) is 3.47. The van der Waals surface area contributed by atoms with Crippen LogP contribution in [0.1, 0.15) is 0 Å². The summed E-state index contributed by atoms with van der Waals surface area (Å²) in [6, 6.07) is 17.6. The van der Waals surface area contributed by atoms with Gasteiger partial charge in [0.1, 0.15) is 11.6 Å². The zero-order chi connectivity index (χ0) is 17.2. The molecule has 25 heavy (non-hydrogen) atoms. The van der Waals surface area contributed by atoms with Crippen molar-refractivity contribution in [2.75, 3.05) is 0 Å². The van der Waals surface area contributed by atoms with Gasteiger partial charge in [0.25, 0.3) is 0 Å². The predicted molar refractivity (Wildman–Crippen MR) is 97.7 cm³/mol. The van der Waals surface area contributed by atoms with Crippen LogP contribution in [0.2, 0.25) is 5.02 Å². The maximum absolute atomic E-state index is 13.2. The monoisotopic (exact) mass is 349 g/mol. The summed E-state index contributed by atoms with van der Waals surface area (Å²) >= 11 is 6.00. The molecule has 0 aliphatic rings. The molecule has 0 atom stereocenters. The number of hydrogen-bond acceptors (Lipinski definition) is 2. The molecule has 0 saturated carbocycles. The lowest BCUT2D eigenvalue weighted by molar-refractivity contribution is 0.628. The van der Waals surface area contributed by atoms with Crippen LogP contribution in [0, 0.1) is 5.82 Å². The normalized spacial score (nSPS) is 10.8. The highest BCUT2D eigenvalue weighted by atomic mass is 35.5. The Morgan fingerprint density at radius 2 is 1.40 bits per heavy atom. The SMILES string of the molecule is Fc1ccc(-c2nc(-c3ccc(Cl)cc3)c(-c3ccncc3)[nH]2)cc1. The molecule has 0 radical (unpaired) electrons. The average Bonchev–Trinajstić information content (AvgIpc) is 3.09. The lowest BCUT2D eigenvalue weighted by Gasteiger charge is -2.03. The number of hydrogen-bond donors (Lipinski definition) is 1. The van der Waals surface area contributed by atoms with Crippen molar-refractivity contribution in [3.63, 3.8) is 0 Å². The highest BCUT2D eigenvalue weighted by Gasteiger charge is 2.15. The van der Waals surface area contributed by atoms with Crippen LogP contribution in [0.15, 0.2) is 73.1 Å². The molecule has 0 aliphatic carbocycles. The van der Waals surface area contributed by atoms with Crippen LogP contribution in [0.25, 0.3) is 33.9 Å². The molecule has 0 unspecified atom stereocenters. The summed E-state index contributed by atoms with van der Waals surface area (Å²) in [7, 11) is 0. The van der Waals surface area contributed by atoms with E-state index >= 15 is 0 Å². The highest BCUT2D eigenvalue weighted by Crippen LogP contribution is 2.33. The molecule has 2 heterocycles. The number of halogens is 2. The third-order valence-electron chi connectivity index (χ3n) is 3.91. The van der Waals surface area contributed by atoms with Crippen LogP contribution in [0.5, 0.6) is 0 Å². The van der Waals surface area contributed by atoms with Gasteiger partial charge in [-0.3, -0.25) is 4.98 Å². The first-order valence-electron chi connectivity index (χ1n) is 7.73. The van der Waals surface area contributed by atoms with Crippen molar-refractivity contribution in [1.29, 1.82) is 0 Å². The molecule has 1 N–H and O–H groups in total. The van der Waals surface area contributed by atoms with Gasteiger partial charge in [0.15, 0.2) is 0 Å². The van der Waals surface area contributed by atoms with Gasteiger partial charge >= 0.3 is 0 Å². The fourth-order valence-electron chi connectivity index (χ4n) is 2.66. The summed E-state index contributed by atoms with van der Waals surface area (Å²) in [5.41, 5.74) is 4.42. The molecule has 0 amide bonds. The quantitative estimate of drug-likeness (QED) is 0.523. The van der Waals surface area contributed by atoms with E-state index in [4.69, 9.17) is 16.6 Å². The molecule has 2 aromatic heterocycles. The number of H-pyrrole nitrogens is 1. The Morgan fingerprint density at radius 1 is 0.760 bits per heavy atom. The number of pyridine rings is 1. The van der Waals surface area contributed by atoms with E-state index in [2.05, 4.69) is 9.97 Å². The number of imidazole rings is 1. The number of nitrogens with zero attached hydrogens (tertiary/aromatic N) is 2. The van der Waals surface area contributed by atoms with Crippen molar-refractivity contribution in [1.82, 2.24) is 15.0 Å². The Labute approximate surface area is 149 Å². The molecule has 0 saturated heterocycles. The summed E-state index contributed by atoms with van der Waals surface area (Å²) in [6.45, 7) is 0. The highest BCUT2D eigenvalue weighted by molar-refractivity contribution is 6.30. The van der Waals surface area contributed by atoms with Gasteiger partial charge < -0.3 is 4.98 Å². The van der Waals surface area contributed by atoms with E-state index in [1.807, 2.05) is 36.4 Å². The van der Waals surface area contributed by atoms with Crippen LogP contribution in [-0.2, 0) is 0 Å². The van der Waals surface area contributed by atoms with Crippen molar-refractivity contribution < 1.29 is 4.39 Å². The van der Waals surface area contributed by atoms with Crippen LogP contribution < -0.4 is 0 Å². The van der Waals surface area contributed by atoms with E-state index < -0.39 is 0 Å². The van der Waals surface area contributed by atoms with Gasteiger partial charge in [-0.25, -0.2) is 9.37 Å². The number of benzene rings is 2. The first kappa shape index (κ1) is 15.5. The Bertz CT molecular complexity index is 994. The molecule has 3 nitrogen and oxygen atoms in total. The molecular formula is C20H13ClFN3. The standard InChI is InChI=1S/C20H13ClFN3/c21-16-5-1-13(2-6-16)18-19(14-9-11-23-12-10-14)25-20(24-18)15-3-7-17(22)8-4-15/h1-12H,(H,24,25). The summed E-state index contributed by atoms with van der Waals surface area (Å²) in [5, 5.41) is 0.670. The Balaban J connectivity index is 1.89. The topological polar surface area (TPSA) is 41.6 Å². The second kappa shape index (κ2) is 6.49. The van der Waals surface area contributed by atoms with E-state index in [9.17, 15) is 4.39 Å². The second-order valence-corrected chi connectivity index (χ2v) is 6.00. The minimum absolute atomic E-state index is 0.275. The zero-order valence-corrected chi connectivity index (χ0v) is 13.8. The van der Waals surface area contributed by atoms with E-state index in [0.717, 1.165) is 28.1 Å².